The highest BCUT2D eigenvalue weighted by Gasteiger charge is 2.38. The van der Waals surface area contributed by atoms with Gasteiger partial charge in [0, 0.05) is 60.2 Å². The largest absolute Gasteiger partial charge is 0.455 e. The summed E-state index contributed by atoms with van der Waals surface area (Å²) in [5.41, 5.74) is 20.4. The molecule has 2 aliphatic rings. The van der Waals surface area contributed by atoms with E-state index < -0.39 is 0 Å². The van der Waals surface area contributed by atoms with E-state index in [0.29, 0.717) is 0 Å². The quantitative estimate of drug-likeness (QED) is 0.178. The standard InChI is InChI=1S/C63H34N3O2/c1-2-12-35(13-3-1)64-54-27-23-37(66-53-19-9-5-17-44(53)61-56(66)29-26-42-40-15-7-11-21-59(40)68-63(42)61)31-50(54)51-33-48-45-30-36(22-24-38(45)46-32-47(46)49(48)34-57(51)64)65-52-18-8-4-16-43(52)60-55(65)28-25-41-39-14-6-10-20-58(39)67-62(41)60/h1-34H. The second-order valence-electron chi connectivity index (χ2n) is 18.6. The van der Waals surface area contributed by atoms with Gasteiger partial charge in [0.05, 0.1) is 49.8 Å². The number of nitrogens with zero attached hydrogens (tertiary/aromatic N) is 3. The minimum atomic E-state index is 0.907. The second kappa shape index (κ2) is 12.4. The highest BCUT2D eigenvalue weighted by Crippen LogP contribution is 2.57. The van der Waals surface area contributed by atoms with Crippen molar-refractivity contribution in [1.82, 2.24) is 13.7 Å². The Labute approximate surface area is 387 Å². The molecule has 0 N–H and O–H groups in total. The predicted molar refractivity (Wildman–Crippen MR) is 280 cm³/mol. The van der Waals surface area contributed by atoms with Crippen LogP contribution in [-0.4, -0.2) is 13.7 Å². The van der Waals surface area contributed by atoms with E-state index in [1.165, 1.54) is 66.3 Å². The van der Waals surface area contributed by atoms with E-state index in [1.807, 2.05) is 12.1 Å². The lowest BCUT2D eigenvalue weighted by Crippen LogP contribution is -2.02. The maximum absolute atomic E-state index is 6.67. The average molecular weight is 865 g/mol. The Morgan fingerprint density at radius 1 is 0.279 bits per heavy atom. The number of allylic oxidation sites excluding steroid dienone is 2. The van der Waals surface area contributed by atoms with Crippen molar-refractivity contribution < 1.29 is 8.83 Å². The van der Waals surface area contributed by atoms with Gasteiger partial charge < -0.3 is 22.5 Å². The van der Waals surface area contributed by atoms with Crippen LogP contribution < -0.4 is 0 Å². The molecular weight excluding hydrogens is 831 g/mol. The number of rotatable bonds is 3. The Balaban J connectivity index is 0.914. The molecule has 0 atom stereocenters. The summed E-state index contributed by atoms with van der Waals surface area (Å²) in [5, 5.41) is 11.6. The Bertz CT molecular complexity index is 4800. The molecule has 5 aromatic heterocycles. The van der Waals surface area contributed by atoms with E-state index >= 15 is 0 Å². The third-order valence-corrected chi connectivity index (χ3v) is 15.1. The Kier molecular flexibility index (Phi) is 6.44. The van der Waals surface area contributed by atoms with Gasteiger partial charge in [0.2, 0.25) is 0 Å². The number of benzene rings is 10. The Hall–Kier alpha value is -9.06. The van der Waals surface area contributed by atoms with Crippen LogP contribution in [0.4, 0.5) is 0 Å². The Morgan fingerprint density at radius 3 is 1.44 bits per heavy atom. The number of para-hydroxylation sites is 5. The van der Waals surface area contributed by atoms with Crippen molar-refractivity contribution in [2.75, 3.05) is 0 Å². The highest BCUT2D eigenvalue weighted by molar-refractivity contribution is 6.26. The van der Waals surface area contributed by atoms with Gasteiger partial charge in [0.15, 0.2) is 0 Å². The zero-order valence-electron chi connectivity index (χ0n) is 36.3. The zero-order chi connectivity index (χ0) is 43.9. The topological polar surface area (TPSA) is 41.1 Å². The van der Waals surface area contributed by atoms with Gasteiger partial charge in [-0.1, -0.05) is 103 Å². The number of aromatic nitrogens is 3. The third kappa shape index (κ3) is 4.41. The summed E-state index contributed by atoms with van der Waals surface area (Å²) < 4.78 is 20.6. The summed E-state index contributed by atoms with van der Waals surface area (Å²) in [6.45, 7) is 0. The van der Waals surface area contributed by atoms with Crippen LogP contribution >= 0.6 is 0 Å². The maximum Gasteiger partial charge on any atom is 0.145 e. The number of fused-ring (bicyclic) bond motifs is 23. The third-order valence-electron chi connectivity index (χ3n) is 15.1. The fraction of sp³-hybridized carbons (Fsp3) is 0. The van der Waals surface area contributed by atoms with E-state index in [9.17, 15) is 0 Å². The average Bonchev–Trinajstić information content (AvgIpc) is 3.64. The smallest absolute Gasteiger partial charge is 0.145 e. The first-order valence-electron chi connectivity index (χ1n) is 23.3. The van der Waals surface area contributed by atoms with Crippen molar-refractivity contribution in [3.05, 3.63) is 223 Å². The molecule has 68 heavy (non-hydrogen) atoms. The molecule has 2 aliphatic carbocycles. The minimum absolute atomic E-state index is 0.907. The molecular formula is C63H34N3O2. The molecule has 0 spiro atoms. The molecule has 0 fully saturated rings. The predicted octanol–water partition coefficient (Wildman–Crippen LogP) is 16.8. The molecule has 10 aromatic carbocycles. The number of hydrogen-bond donors (Lipinski definition) is 0. The first-order valence-corrected chi connectivity index (χ1v) is 23.3. The molecule has 0 bridgehead atoms. The molecule has 5 heterocycles. The maximum atomic E-state index is 6.67. The molecule has 0 aliphatic heterocycles. The summed E-state index contributed by atoms with van der Waals surface area (Å²) in [7, 11) is 0. The van der Waals surface area contributed by atoms with Gasteiger partial charge in [-0.25, -0.2) is 0 Å². The SMILES string of the molecule is C1=C2[C]1c1cc3c(cc1-c1cc(-n4c5ccccc5c5c6oc7ccccc7c6ccc54)ccc12)c1cc(-n2c4ccccc4c4c5oc6ccccc6c5ccc42)ccc1n3-c1ccccc1. The summed E-state index contributed by atoms with van der Waals surface area (Å²) in [6, 6.07) is 73.0. The van der Waals surface area contributed by atoms with Crippen LogP contribution in [0.1, 0.15) is 11.1 Å². The summed E-state index contributed by atoms with van der Waals surface area (Å²) >= 11 is 0. The lowest BCUT2D eigenvalue weighted by molar-refractivity contribution is 0.672. The van der Waals surface area contributed by atoms with Crippen molar-refractivity contribution >= 4 is 115 Å². The minimum Gasteiger partial charge on any atom is -0.455 e. The van der Waals surface area contributed by atoms with Gasteiger partial charge in [-0.15, -0.1) is 0 Å². The van der Waals surface area contributed by atoms with Gasteiger partial charge in [0.1, 0.15) is 22.3 Å². The molecule has 313 valence electrons. The van der Waals surface area contributed by atoms with Gasteiger partial charge >= 0.3 is 0 Å². The van der Waals surface area contributed by atoms with Crippen LogP contribution in [0.15, 0.2) is 215 Å². The molecule has 1 radical (unpaired) electrons. The zero-order valence-corrected chi connectivity index (χ0v) is 36.3. The summed E-state index contributed by atoms with van der Waals surface area (Å²) in [4.78, 5) is 0. The lowest BCUT2D eigenvalue weighted by Gasteiger charge is -2.21. The van der Waals surface area contributed by atoms with E-state index in [0.717, 1.165) is 93.8 Å². The monoisotopic (exact) mass is 864 g/mol. The molecule has 15 aromatic rings. The van der Waals surface area contributed by atoms with E-state index in [4.69, 9.17) is 8.83 Å². The van der Waals surface area contributed by atoms with Crippen molar-refractivity contribution in [2.24, 2.45) is 0 Å². The summed E-state index contributed by atoms with van der Waals surface area (Å²) in [5.74, 6) is 1.33. The van der Waals surface area contributed by atoms with Crippen LogP contribution in [0.5, 0.6) is 0 Å². The fourth-order valence-electron chi connectivity index (χ4n) is 12.2. The van der Waals surface area contributed by atoms with Gasteiger partial charge in [-0.3, -0.25) is 0 Å². The first-order chi connectivity index (χ1) is 33.7. The first kappa shape index (κ1) is 35.2. The van der Waals surface area contributed by atoms with Crippen LogP contribution in [0, 0.1) is 5.92 Å². The van der Waals surface area contributed by atoms with Crippen LogP contribution in [0.2, 0.25) is 0 Å². The van der Waals surface area contributed by atoms with E-state index in [-0.39, 0.29) is 0 Å². The number of hydrogen-bond acceptors (Lipinski definition) is 2. The van der Waals surface area contributed by atoms with Gasteiger partial charge in [-0.2, -0.15) is 0 Å². The molecule has 0 saturated carbocycles. The molecule has 0 saturated heterocycles. The fourth-order valence-corrected chi connectivity index (χ4v) is 12.2. The van der Waals surface area contributed by atoms with Crippen molar-refractivity contribution in [2.45, 2.75) is 0 Å². The molecule has 17 rings (SSSR count). The van der Waals surface area contributed by atoms with Crippen molar-refractivity contribution in [3.8, 4) is 28.2 Å². The van der Waals surface area contributed by atoms with Crippen molar-refractivity contribution in [1.29, 1.82) is 0 Å². The number of furan rings is 2. The second-order valence-corrected chi connectivity index (χ2v) is 18.6. The molecule has 0 amide bonds. The molecule has 5 nitrogen and oxygen atoms in total. The van der Waals surface area contributed by atoms with Gasteiger partial charge in [0.25, 0.3) is 0 Å². The van der Waals surface area contributed by atoms with Crippen LogP contribution in [-0.2, 0) is 0 Å². The highest BCUT2D eigenvalue weighted by atomic mass is 16.3. The Morgan fingerprint density at radius 2 is 0.779 bits per heavy atom. The van der Waals surface area contributed by atoms with E-state index in [1.54, 1.807) is 0 Å². The van der Waals surface area contributed by atoms with E-state index in [2.05, 4.69) is 208 Å². The molecule has 5 heteroatoms. The van der Waals surface area contributed by atoms with Crippen molar-refractivity contribution in [3.63, 3.8) is 0 Å². The normalized spacial score (nSPS) is 13.6. The molecule has 0 unspecified atom stereocenters. The van der Waals surface area contributed by atoms with Crippen LogP contribution in [0.3, 0.4) is 0 Å². The van der Waals surface area contributed by atoms with Crippen LogP contribution in [0.25, 0.3) is 143 Å². The van der Waals surface area contributed by atoms with Gasteiger partial charge in [-0.05, 0) is 131 Å². The summed E-state index contributed by atoms with van der Waals surface area (Å²) in [6.07, 6.45) is 2.36. The lowest BCUT2D eigenvalue weighted by atomic mass is 9.84.